The van der Waals surface area contributed by atoms with E-state index < -0.39 is 0 Å². The highest BCUT2D eigenvalue weighted by Crippen LogP contribution is 2.33. The average molecular weight is 253 g/mol. The zero-order valence-electron chi connectivity index (χ0n) is 14.1. The maximum absolute atomic E-state index is 3.52. The Bertz CT molecular complexity index is 259. The Balaban J connectivity index is 4.30. The monoisotopic (exact) mass is 253 g/mol. The third kappa shape index (κ3) is 5.93. The Labute approximate surface area is 115 Å². The molecule has 0 spiro atoms. The number of hydrogen-bond acceptors (Lipinski definition) is 1. The summed E-state index contributed by atoms with van der Waals surface area (Å²) in [5, 5.41) is 3.52. The summed E-state index contributed by atoms with van der Waals surface area (Å²) < 4.78 is 0. The van der Waals surface area contributed by atoms with Gasteiger partial charge in [-0.25, -0.2) is 0 Å². The highest BCUT2D eigenvalue weighted by atomic mass is 14.9. The van der Waals surface area contributed by atoms with Crippen molar-refractivity contribution in [1.82, 2.24) is 5.32 Å². The van der Waals surface area contributed by atoms with Crippen LogP contribution in [0.15, 0.2) is 12.3 Å². The zero-order valence-corrected chi connectivity index (χ0v) is 14.1. The van der Waals surface area contributed by atoms with Crippen LogP contribution in [0.4, 0.5) is 0 Å². The lowest BCUT2D eigenvalue weighted by atomic mass is 9.75. The van der Waals surface area contributed by atoms with Gasteiger partial charge in [-0.3, -0.25) is 0 Å². The van der Waals surface area contributed by atoms with Crippen LogP contribution in [-0.2, 0) is 0 Å². The van der Waals surface area contributed by atoms with Crippen molar-refractivity contribution in [1.29, 1.82) is 0 Å². The fourth-order valence-corrected chi connectivity index (χ4v) is 1.73. The molecule has 0 bridgehead atoms. The molecular formula is C17H35N. The van der Waals surface area contributed by atoms with Gasteiger partial charge in [0.15, 0.2) is 0 Å². The second kappa shape index (κ2) is 6.63. The van der Waals surface area contributed by atoms with Crippen LogP contribution in [0.3, 0.4) is 0 Å². The Morgan fingerprint density at radius 2 is 1.39 bits per heavy atom. The minimum Gasteiger partial charge on any atom is -0.386 e. The number of allylic oxidation sites excluding steroid dienone is 1. The van der Waals surface area contributed by atoms with E-state index in [1.807, 2.05) is 0 Å². The van der Waals surface area contributed by atoms with Crippen molar-refractivity contribution in [3.63, 3.8) is 0 Å². The molecule has 108 valence electrons. The predicted molar refractivity (Wildman–Crippen MR) is 83.6 cm³/mol. The van der Waals surface area contributed by atoms with Crippen molar-refractivity contribution >= 4 is 0 Å². The Hall–Kier alpha value is -0.460. The molecule has 0 saturated heterocycles. The van der Waals surface area contributed by atoms with E-state index >= 15 is 0 Å². The van der Waals surface area contributed by atoms with Crippen molar-refractivity contribution in [3.8, 4) is 0 Å². The molecule has 1 nitrogen and oxygen atoms in total. The average Bonchev–Trinajstić information content (AvgIpc) is 2.15. The van der Waals surface area contributed by atoms with Gasteiger partial charge in [-0.2, -0.15) is 0 Å². The first-order chi connectivity index (χ1) is 7.99. The molecule has 1 heteroatoms. The van der Waals surface area contributed by atoms with Gasteiger partial charge in [-0.05, 0) is 49.6 Å². The maximum atomic E-state index is 3.52. The molecule has 0 aromatic carbocycles. The van der Waals surface area contributed by atoms with Crippen LogP contribution in [0.1, 0.15) is 68.7 Å². The maximum Gasteiger partial charge on any atom is 0.0334 e. The molecular weight excluding hydrogens is 218 g/mol. The van der Waals surface area contributed by atoms with Crippen LogP contribution in [0.5, 0.6) is 0 Å². The molecule has 0 aromatic rings. The lowest BCUT2D eigenvalue weighted by Gasteiger charge is -2.32. The largest absolute Gasteiger partial charge is 0.386 e. The Kier molecular flexibility index (Phi) is 6.46. The van der Waals surface area contributed by atoms with Crippen molar-refractivity contribution in [3.05, 3.63) is 12.3 Å². The highest BCUT2D eigenvalue weighted by molar-refractivity contribution is 4.93. The third-order valence-corrected chi connectivity index (χ3v) is 4.73. The van der Waals surface area contributed by atoms with E-state index in [1.54, 1.807) is 0 Å². The predicted octanol–water partition coefficient (Wildman–Crippen LogP) is 5.23. The van der Waals surface area contributed by atoms with Gasteiger partial charge in [0.05, 0.1) is 0 Å². The van der Waals surface area contributed by atoms with Gasteiger partial charge in [0.25, 0.3) is 0 Å². The van der Waals surface area contributed by atoms with Crippen LogP contribution < -0.4 is 5.32 Å². The highest BCUT2D eigenvalue weighted by Gasteiger charge is 2.24. The summed E-state index contributed by atoms with van der Waals surface area (Å²) in [6.45, 7) is 20.7. The summed E-state index contributed by atoms with van der Waals surface area (Å²) in [5.74, 6) is 1.98. The third-order valence-electron chi connectivity index (χ3n) is 4.73. The first kappa shape index (κ1) is 17.5. The smallest absolute Gasteiger partial charge is 0.0334 e. The second-order valence-electron chi connectivity index (χ2n) is 7.70. The molecule has 0 radical (unpaired) electrons. The molecule has 0 heterocycles. The van der Waals surface area contributed by atoms with Gasteiger partial charge in [0, 0.05) is 5.54 Å². The molecule has 0 aliphatic rings. The minimum absolute atomic E-state index is 0.170. The van der Waals surface area contributed by atoms with E-state index in [9.17, 15) is 0 Å². The first-order valence-corrected chi connectivity index (χ1v) is 7.43. The molecule has 0 aliphatic heterocycles. The van der Waals surface area contributed by atoms with Crippen molar-refractivity contribution < 1.29 is 0 Å². The molecule has 0 fully saturated rings. The van der Waals surface area contributed by atoms with Gasteiger partial charge in [-0.15, -0.1) is 0 Å². The van der Waals surface area contributed by atoms with E-state index in [1.165, 1.54) is 6.42 Å². The summed E-state index contributed by atoms with van der Waals surface area (Å²) in [6, 6.07) is 0. The molecule has 18 heavy (non-hydrogen) atoms. The van der Waals surface area contributed by atoms with E-state index in [2.05, 4.69) is 79.9 Å². The van der Waals surface area contributed by atoms with Gasteiger partial charge in [0.1, 0.15) is 0 Å². The van der Waals surface area contributed by atoms with Gasteiger partial charge in [-0.1, -0.05) is 54.5 Å². The SMILES string of the molecule is CC(/C=C/NC(C)(C)C(C)C)CC(C)(C)C(C)C. The van der Waals surface area contributed by atoms with Crippen LogP contribution in [0.2, 0.25) is 0 Å². The Morgan fingerprint density at radius 1 is 0.889 bits per heavy atom. The number of hydrogen-bond donors (Lipinski definition) is 1. The van der Waals surface area contributed by atoms with Crippen molar-refractivity contribution in [2.75, 3.05) is 0 Å². The molecule has 0 aromatic heterocycles. The summed E-state index contributed by atoms with van der Waals surface area (Å²) in [6.07, 6.45) is 5.71. The summed E-state index contributed by atoms with van der Waals surface area (Å²) in [7, 11) is 0. The van der Waals surface area contributed by atoms with E-state index in [4.69, 9.17) is 0 Å². The lowest BCUT2D eigenvalue weighted by Crippen LogP contribution is -2.40. The molecule has 0 rings (SSSR count). The van der Waals surface area contributed by atoms with E-state index in [0.29, 0.717) is 17.3 Å². The zero-order chi connectivity index (χ0) is 14.6. The minimum atomic E-state index is 0.170. The molecule has 0 aliphatic carbocycles. The van der Waals surface area contributed by atoms with Crippen LogP contribution in [-0.4, -0.2) is 5.54 Å². The molecule has 0 saturated carbocycles. The van der Waals surface area contributed by atoms with E-state index in [-0.39, 0.29) is 5.54 Å². The fourth-order valence-electron chi connectivity index (χ4n) is 1.73. The first-order valence-electron chi connectivity index (χ1n) is 7.43. The Morgan fingerprint density at radius 3 is 1.78 bits per heavy atom. The standard InChI is InChI=1S/C17H35N/c1-13(2)16(6,7)12-15(5)10-11-18-17(8,9)14(3)4/h10-11,13-15,18H,12H2,1-9H3/b11-10+. The molecule has 1 atom stereocenters. The topological polar surface area (TPSA) is 12.0 Å². The van der Waals surface area contributed by atoms with Crippen LogP contribution in [0.25, 0.3) is 0 Å². The van der Waals surface area contributed by atoms with Crippen LogP contribution >= 0.6 is 0 Å². The number of rotatable bonds is 7. The molecule has 0 amide bonds. The molecule has 1 N–H and O–H groups in total. The quantitative estimate of drug-likeness (QED) is 0.655. The number of nitrogens with one attached hydrogen (secondary N) is 1. The van der Waals surface area contributed by atoms with Gasteiger partial charge in [0.2, 0.25) is 0 Å². The lowest BCUT2D eigenvalue weighted by molar-refractivity contribution is 0.207. The summed E-state index contributed by atoms with van der Waals surface area (Å²) in [5.41, 5.74) is 0.584. The normalized spacial score (nSPS) is 15.7. The van der Waals surface area contributed by atoms with Gasteiger partial charge < -0.3 is 5.32 Å². The van der Waals surface area contributed by atoms with Crippen molar-refractivity contribution in [2.45, 2.75) is 74.3 Å². The second-order valence-corrected chi connectivity index (χ2v) is 7.70. The van der Waals surface area contributed by atoms with E-state index in [0.717, 1.165) is 5.92 Å². The fraction of sp³-hybridized carbons (Fsp3) is 0.882. The van der Waals surface area contributed by atoms with Crippen LogP contribution in [0, 0.1) is 23.2 Å². The van der Waals surface area contributed by atoms with Gasteiger partial charge >= 0.3 is 0 Å². The summed E-state index contributed by atoms with van der Waals surface area (Å²) >= 11 is 0. The molecule has 1 unspecified atom stereocenters. The van der Waals surface area contributed by atoms with Crippen molar-refractivity contribution in [2.24, 2.45) is 23.2 Å². The summed E-state index contributed by atoms with van der Waals surface area (Å²) in [4.78, 5) is 0.